The zero-order chi connectivity index (χ0) is 14.4. The van der Waals surface area contributed by atoms with E-state index in [-0.39, 0.29) is 17.6 Å². The molecule has 0 aromatic heterocycles. The molecule has 0 bridgehead atoms. The lowest BCUT2D eigenvalue weighted by molar-refractivity contribution is 0.0955. The molecule has 0 radical (unpaired) electrons. The van der Waals surface area contributed by atoms with Gasteiger partial charge in [0.25, 0.3) is 5.91 Å². The highest BCUT2D eigenvalue weighted by molar-refractivity contribution is 5.94. The van der Waals surface area contributed by atoms with Crippen LogP contribution in [0.3, 0.4) is 0 Å². The van der Waals surface area contributed by atoms with Crippen LogP contribution in [0, 0.1) is 0 Å². The van der Waals surface area contributed by atoms with Gasteiger partial charge in [-0.05, 0) is 29.8 Å². The van der Waals surface area contributed by atoms with Crippen LogP contribution in [0.2, 0.25) is 0 Å². The normalized spacial score (nSPS) is 12.2. The van der Waals surface area contributed by atoms with E-state index >= 15 is 0 Å². The van der Waals surface area contributed by atoms with Gasteiger partial charge in [0.1, 0.15) is 5.75 Å². The van der Waals surface area contributed by atoms with Crippen LogP contribution in [0.4, 0.5) is 0 Å². The van der Waals surface area contributed by atoms with Crippen LogP contribution < -0.4 is 5.43 Å². The van der Waals surface area contributed by atoms with Gasteiger partial charge in [-0.3, -0.25) is 4.79 Å². The number of aromatic hydroxyl groups is 1. The Hall–Kier alpha value is -2.62. The van der Waals surface area contributed by atoms with E-state index in [1.54, 1.807) is 18.3 Å². The molecular weight excluding hydrogens is 252 g/mol. The molecule has 1 unspecified atom stereocenters. The zero-order valence-corrected chi connectivity index (χ0v) is 11.2. The molecule has 2 aromatic carbocycles. The molecule has 2 aromatic rings. The van der Waals surface area contributed by atoms with Crippen molar-refractivity contribution in [2.45, 2.75) is 12.8 Å². The minimum atomic E-state index is -0.304. The monoisotopic (exact) mass is 268 g/mol. The number of phenols is 1. The summed E-state index contributed by atoms with van der Waals surface area (Å²) in [6, 6.07) is 15.9. The Labute approximate surface area is 117 Å². The first-order chi connectivity index (χ1) is 9.66. The Kier molecular flexibility index (Phi) is 4.50. The van der Waals surface area contributed by atoms with Crippen LogP contribution in [0.1, 0.15) is 28.8 Å². The van der Waals surface area contributed by atoms with E-state index in [9.17, 15) is 4.79 Å². The standard InChI is InChI=1S/C16H16N2O2/c1-12(13-5-3-2-4-6-13)11-17-18-16(20)14-7-9-15(19)10-8-14/h2-12,19H,1H3,(H,18,20)/b17-11+. The number of rotatable bonds is 4. The van der Waals surface area contributed by atoms with Crippen LogP contribution in [-0.2, 0) is 0 Å². The van der Waals surface area contributed by atoms with Crippen molar-refractivity contribution in [3.05, 3.63) is 65.7 Å². The molecular formula is C16H16N2O2. The maximum atomic E-state index is 11.8. The molecule has 0 aliphatic heterocycles. The number of carbonyl (C=O) groups is 1. The van der Waals surface area contributed by atoms with Crippen molar-refractivity contribution in [3.8, 4) is 5.75 Å². The summed E-state index contributed by atoms with van der Waals surface area (Å²) in [6.45, 7) is 2.01. The number of hydrazone groups is 1. The summed E-state index contributed by atoms with van der Waals surface area (Å²) >= 11 is 0. The summed E-state index contributed by atoms with van der Waals surface area (Å²) in [5.41, 5.74) is 4.05. The third-order valence-corrected chi connectivity index (χ3v) is 2.92. The molecule has 2 N–H and O–H groups in total. The SMILES string of the molecule is CC(/C=N/NC(=O)c1ccc(O)cc1)c1ccccc1. The summed E-state index contributed by atoms with van der Waals surface area (Å²) in [5.74, 6) is -0.0550. The minimum absolute atomic E-state index is 0.122. The Morgan fingerprint density at radius 3 is 2.45 bits per heavy atom. The molecule has 2 rings (SSSR count). The van der Waals surface area contributed by atoms with Gasteiger partial charge in [0.2, 0.25) is 0 Å². The molecule has 0 spiro atoms. The van der Waals surface area contributed by atoms with E-state index in [0.29, 0.717) is 5.56 Å². The molecule has 0 fully saturated rings. The maximum absolute atomic E-state index is 11.8. The number of hydrogen-bond donors (Lipinski definition) is 2. The van der Waals surface area contributed by atoms with E-state index in [1.165, 1.54) is 12.1 Å². The Balaban J connectivity index is 1.93. The lowest BCUT2D eigenvalue weighted by atomic mass is 10.0. The van der Waals surface area contributed by atoms with Gasteiger partial charge >= 0.3 is 0 Å². The fraction of sp³-hybridized carbons (Fsp3) is 0.125. The van der Waals surface area contributed by atoms with E-state index in [0.717, 1.165) is 5.56 Å². The van der Waals surface area contributed by atoms with Crippen molar-refractivity contribution in [2.75, 3.05) is 0 Å². The highest BCUT2D eigenvalue weighted by Gasteiger charge is 2.04. The highest BCUT2D eigenvalue weighted by atomic mass is 16.3. The third-order valence-electron chi connectivity index (χ3n) is 2.92. The molecule has 0 aliphatic rings. The second-order valence-electron chi connectivity index (χ2n) is 4.47. The largest absolute Gasteiger partial charge is 0.508 e. The van der Waals surface area contributed by atoms with Crippen molar-refractivity contribution in [1.82, 2.24) is 5.43 Å². The average molecular weight is 268 g/mol. The topological polar surface area (TPSA) is 61.7 Å². The summed E-state index contributed by atoms with van der Waals surface area (Å²) in [7, 11) is 0. The first-order valence-corrected chi connectivity index (χ1v) is 6.34. The Bertz CT molecular complexity index is 592. The van der Waals surface area contributed by atoms with Crippen molar-refractivity contribution < 1.29 is 9.90 Å². The molecule has 0 aliphatic carbocycles. The molecule has 1 amide bonds. The smallest absolute Gasteiger partial charge is 0.271 e. The Morgan fingerprint density at radius 1 is 1.15 bits per heavy atom. The van der Waals surface area contributed by atoms with Gasteiger partial charge in [-0.15, -0.1) is 0 Å². The van der Waals surface area contributed by atoms with Crippen LogP contribution in [0.25, 0.3) is 0 Å². The van der Waals surface area contributed by atoms with Gasteiger partial charge in [0.05, 0.1) is 0 Å². The van der Waals surface area contributed by atoms with Gasteiger partial charge < -0.3 is 5.11 Å². The predicted octanol–water partition coefficient (Wildman–Crippen LogP) is 2.91. The average Bonchev–Trinajstić information content (AvgIpc) is 2.48. The minimum Gasteiger partial charge on any atom is -0.508 e. The van der Waals surface area contributed by atoms with Crippen LogP contribution in [0.5, 0.6) is 5.75 Å². The molecule has 4 nitrogen and oxygen atoms in total. The van der Waals surface area contributed by atoms with E-state index in [4.69, 9.17) is 5.11 Å². The fourth-order valence-electron chi connectivity index (χ4n) is 1.73. The van der Waals surface area contributed by atoms with E-state index in [1.807, 2.05) is 37.3 Å². The van der Waals surface area contributed by atoms with E-state index in [2.05, 4.69) is 10.5 Å². The van der Waals surface area contributed by atoms with Crippen LogP contribution in [-0.4, -0.2) is 17.2 Å². The summed E-state index contributed by atoms with van der Waals surface area (Å²) in [6.07, 6.45) is 1.69. The predicted molar refractivity (Wildman–Crippen MR) is 78.9 cm³/mol. The summed E-state index contributed by atoms with van der Waals surface area (Å²) in [4.78, 5) is 11.8. The highest BCUT2D eigenvalue weighted by Crippen LogP contribution is 2.12. The third kappa shape index (κ3) is 3.68. The number of carbonyl (C=O) groups excluding carboxylic acids is 1. The zero-order valence-electron chi connectivity index (χ0n) is 11.2. The van der Waals surface area contributed by atoms with Gasteiger partial charge in [0.15, 0.2) is 0 Å². The van der Waals surface area contributed by atoms with Gasteiger partial charge in [-0.25, -0.2) is 5.43 Å². The molecule has 0 heterocycles. The molecule has 4 heteroatoms. The number of nitrogens with zero attached hydrogens (tertiary/aromatic N) is 1. The van der Waals surface area contributed by atoms with Gasteiger partial charge in [0, 0.05) is 17.7 Å². The molecule has 0 saturated heterocycles. The Morgan fingerprint density at radius 2 is 1.80 bits per heavy atom. The number of hydrogen-bond acceptors (Lipinski definition) is 3. The molecule has 0 saturated carbocycles. The van der Waals surface area contributed by atoms with Crippen molar-refractivity contribution in [2.24, 2.45) is 5.10 Å². The summed E-state index contributed by atoms with van der Waals surface area (Å²) < 4.78 is 0. The lowest BCUT2D eigenvalue weighted by Crippen LogP contribution is -2.17. The van der Waals surface area contributed by atoms with Gasteiger partial charge in [-0.2, -0.15) is 5.10 Å². The first kappa shape index (κ1) is 13.8. The van der Waals surface area contributed by atoms with Crippen LogP contribution >= 0.6 is 0 Å². The second-order valence-corrected chi connectivity index (χ2v) is 4.47. The molecule has 102 valence electrons. The van der Waals surface area contributed by atoms with Crippen molar-refractivity contribution in [1.29, 1.82) is 0 Å². The number of nitrogens with one attached hydrogen (secondary N) is 1. The van der Waals surface area contributed by atoms with Crippen LogP contribution in [0.15, 0.2) is 59.7 Å². The molecule has 1 atom stereocenters. The first-order valence-electron chi connectivity index (χ1n) is 6.34. The number of amides is 1. The van der Waals surface area contributed by atoms with Gasteiger partial charge in [-0.1, -0.05) is 37.3 Å². The quantitative estimate of drug-likeness (QED) is 0.661. The fourth-order valence-corrected chi connectivity index (χ4v) is 1.73. The number of phenolic OH excluding ortho intramolecular Hbond substituents is 1. The lowest BCUT2D eigenvalue weighted by Gasteiger charge is -2.05. The molecule has 20 heavy (non-hydrogen) atoms. The summed E-state index contributed by atoms with van der Waals surface area (Å²) in [5, 5.41) is 13.1. The van der Waals surface area contributed by atoms with Crippen molar-refractivity contribution >= 4 is 12.1 Å². The second kappa shape index (κ2) is 6.52. The van der Waals surface area contributed by atoms with E-state index < -0.39 is 0 Å². The maximum Gasteiger partial charge on any atom is 0.271 e. The number of benzene rings is 2. The van der Waals surface area contributed by atoms with Crippen molar-refractivity contribution in [3.63, 3.8) is 0 Å².